The van der Waals surface area contributed by atoms with E-state index in [1.807, 2.05) is 0 Å². The SMILES string of the molecule is CCCCCN(C(=O)C1(C)CCNC1)C(C)C. The molecule has 0 aromatic heterocycles. The summed E-state index contributed by atoms with van der Waals surface area (Å²) in [6.45, 7) is 11.3. The third-order valence-electron chi connectivity index (χ3n) is 3.77. The van der Waals surface area contributed by atoms with Crippen LogP contribution in [-0.2, 0) is 4.79 Å². The fraction of sp³-hybridized carbons (Fsp3) is 0.929. The first-order valence-electron chi connectivity index (χ1n) is 7.03. The Kier molecular flexibility index (Phi) is 5.44. The van der Waals surface area contributed by atoms with E-state index in [0.29, 0.717) is 11.9 Å². The molecule has 0 saturated carbocycles. The van der Waals surface area contributed by atoms with Crippen molar-refractivity contribution in [1.29, 1.82) is 0 Å². The molecule has 0 spiro atoms. The molecule has 1 aliphatic heterocycles. The van der Waals surface area contributed by atoms with Gasteiger partial charge in [0.15, 0.2) is 0 Å². The number of nitrogens with zero attached hydrogens (tertiary/aromatic N) is 1. The molecule has 100 valence electrons. The lowest BCUT2D eigenvalue weighted by molar-refractivity contribution is -0.142. The highest BCUT2D eigenvalue weighted by Gasteiger charge is 2.39. The van der Waals surface area contributed by atoms with E-state index >= 15 is 0 Å². The van der Waals surface area contributed by atoms with Gasteiger partial charge in [0, 0.05) is 19.1 Å². The molecule has 1 aliphatic rings. The number of nitrogens with one attached hydrogen (secondary N) is 1. The molecule has 1 fully saturated rings. The Bertz CT molecular complexity index is 245. The lowest BCUT2D eigenvalue weighted by Gasteiger charge is -2.34. The van der Waals surface area contributed by atoms with Crippen molar-refractivity contribution < 1.29 is 4.79 Å². The summed E-state index contributed by atoms with van der Waals surface area (Å²) >= 11 is 0. The van der Waals surface area contributed by atoms with Crippen LogP contribution >= 0.6 is 0 Å². The Labute approximate surface area is 106 Å². The molecule has 1 N–H and O–H groups in total. The third-order valence-corrected chi connectivity index (χ3v) is 3.77. The van der Waals surface area contributed by atoms with Gasteiger partial charge < -0.3 is 10.2 Å². The Morgan fingerprint density at radius 2 is 2.12 bits per heavy atom. The summed E-state index contributed by atoms with van der Waals surface area (Å²) in [6.07, 6.45) is 4.52. The molecule has 0 bridgehead atoms. The second kappa shape index (κ2) is 6.39. The maximum Gasteiger partial charge on any atom is 0.230 e. The molecule has 1 amide bonds. The number of carbonyl (C=O) groups is 1. The molecule has 1 unspecified atom stereocenters. The van der Waals surface area contributed by atoms with Crippen molar-refractivity contribution in [2.24, 2.45) is 5.41 Å². The minimum absolute atomic E-state index is 0.170. The van der Waals surface area contributed by atoms with E-state index in [4.69, 9.17) is 0 Å². The van der Waals surface area contributed by atoms with Crippen molar-refractivity contribution in [2.45, 2.75) is 59.4 Å². The van der Waals surface area contributed by atoms with E-state index in [-0.39, 0.29) is 5.41 Å². The Morgan fingerprint density at radius 3 is 2.59 bits per heavy atom. The highest BCUT2D eigenvalue weighted by molar-refractivity contribution is 5.83. The van der Waals surface area contributed by atoms with Crippen LogP contribution in [0.5, 0.6) is 0 Å². The Balaban J connectivity index is 2.59. The maximum atomic E-state index is 12.6. The van der Waals surface area contributed by atoms with Gasteiger partial charge in [-0.1, -0.05) is 19.8 Å². The van der Waals surface area contributed by atoms with Crippen molar-refractivity contribution in [3.05, 3.63) is 0 Å². The van der Waals surface area contributed by atoms with Crippen LogP contribution in [0.15, 0.2) is 0 Å². The number of hydrogen-bond donors (Lipinski definition) is 1. The van der Waals surface area contributed by atoms with Gasteiger partial charge in [0.25, 0.3) is 0 Å². The van der Waals surface area contributed by atoms with Crippen molar-refractivity contribution in [3.8, 4) is 0 Å². The molecule has 1 rings (SSSR count). The zero-order chi connectivity index (χ0) is 12.9. The van der Waals surface area contributed by atoms with E-state index in [1.165, 1.54) is 12.8 Å². The van der Waals surface area contributed by atoms with Gasteiger partial charge in [0.1, 0.15) is 0 Å². The smallest absolute Gasteiger partial charge is 0.230 e. The second-order valence-corrected chi connectivity index (χ2v) is 5.79. The highest BCUT2D eigenvalue weighted by Crippen LogP contribution is 2.28. The number of unbranched alkanes of at least 4 members (excludes halogenated alkanes) is 2. The van der Waals surface area contributed by atoms with Crippen molar-refractivity contribution in [2.75, 3.05) is 19.6 Å². The van der Waals surface area contributed by atoms with Crippen LogP contribution in [0.2, 0.25) is 0 Å². The lowest BCUT2D eigenvalue weighted by atomic mass is 9.87. The predicted molar refractivity (Wildman–Crippen MR) is 72.0 cm³/mol. The monoisotopic (exact) mass is 240 g/mol. The number of amides is 1. The molecule has 0 aliphatic carbocycles. The fourth-order valence-electron chi connectivity index (χ4n) is 2.47. The van der Waals surface area contributed by atoms with E-state index in [0.717, 1.165) is 32.5 Å². The summed E-state index contributed by atoms with van der Waals surface area (Å²) in [6, 6.07) is 0.316. The molecular formula is C14H28N2O. The molecule has 1 saturated heterocycles. The first kappa shape index (κ1) is 14.5. The van der Waals surface area contributed by atoms with Crippen LogP contribution in [0, 0.1) is 5.41 Å². The maximum absolute atomic E-state index is 12.6. The standard InChI is InChI=1S/C14H28N2O/c1-5-6-7-10-16(12(2)3)13(17)14(4)8-9-15-11-14/h12,15H,5-11H2,1-4H3. The minimum atomic E-state index is -0.170. The molecule has 3 heteroatoms. The summed E-state index contributed by atoms with van der Waals surface area (Å²) in [4.78, 5) is 14.7. The molecule has 0 radical (unpaired) electrons. The highest BCUT2D eigenvalue weighted by atomic mass is 16.2. The van der Waals surface area contributed by atoms with Crippen molar-refractivity contribution >= 4 is 5.91 Å². The average Bonchev–Trinajstić information content (AvgIpc) is 2.71. The quantitative estimate of drug-likeness (QED) is 0.723. The molecule has 0 aromatic rings. The molecule has 0 aromatic carbocycles. The van der Waals surface area contributed by atoms with Crippen LogP contribution < -0.4 is 5.32 Å². The summed E-state index contributed by atoms with van der Waals surface area (Å²) < 4.78 is 0. The van der Waals surface area contributed by atoms with Gasteiger partial charge in [0.05, 0.1) is 5.41 Å². The Hall–Kier alpha value is -0.570. The normalized spacial score (nSPS) is 24.3. The van der Waals surface area contributed by atoms with Gasteiger partial charge in [-0.15, -0.1) is 0 Å². The molecule has 3 nitrogen and oxygen atoms in total. The van der Waals surface area contributed by atoms with Crippen LogP contribution in [0.1, 0.15) is 53.4 Å². The Morgan fingerprint density at radius 1 is 1.41 bits per heavy atom. The van der Waals surface area contributed by atoms with Gasteiger partial charge in [-0.05, 0) is 40.2 Å². The molecule has 1 atom stereocenters. The minimum Gasteiger partial charge on any atom is -0.340 e. The summed E-state index contributed by atoms with van der Waals surface area (Å²) in [5, 5.41) is 3.31. The zero-order valence-electron chi connectivity index (χ0n) is 11.9. The second-order valence-electron chi connectivity index (χ2n) is 5.79. The average molecular weight is 240 g/mol. The van der Waals surface area contributed by atoms with Crippen molar-refractivity contribution in [1.82, 2.24) is 10.2 Å². The van der Waals surface area contributed by atoms with E-state index in [1.54, 1.807) is 0 Å². The zero-order valence-corrected chi connectivity index (χ0v) is 11.9. The van der Waals surface area contributed by atoms with Crippen LogP contribution in [0.25, 0.3) is 0 Å². The van der Waals surface area contributed by atoms with Gasteiger partial charge >= 0.3 is 0 Å². The van der Waals surface area contributed by atoms with Crippen LogP contribution in [0.4, 0.5) is 0 Å². The summed E-state index contributed by atoms with van der Waals surface area (Å²) in [5.74, 6) is 0.341. The number of hydrogen-bond acceptors (Lipinski definition) is 2. The first-order chi connectivity index (χ1) is 8.01. The van der Waals surface area contributed by atoms with Gasteiger partial charge in [-0.25, -0.2) is 0 Å². The lowest BCUT2D eigenvalue weighted by Crippen LogP contribution is -2.47. The summed E-state index contributed by atoms with van der Waals surface area (Å²) in [7, 11) is 0. The van der Waals surface area contributed by atoms with E-state index < -0.39 is 0 Å². The van der Waals surface area contributed by atoms with E-state index in [2.05, 4.69) is 37.9 Å². The summed E-state index contributed by atoms with van der Waals surface area (Å²) in [5.41, 5.74) is -0.170. The third kappa shape index (κ3) is 3.70. The van der Waals surface area contributed by atoms with Crippen LogP contribution in [0.3, 0.4) is 0 Å². The number of rotatable bonds is 6. The largest absolute Gasteiger partial charge is 0.340 e. The predicted octanol–water partition coefficient (Wildman–Crippen LogP) is 2.41. The van der Waals surface area contributed by atoms with Gasteiger partial charge in [-0.3, -0.25) is 4.79 Å². The topological polar surface area (TPSA) is 32.3 Å². The first-order valence-corrected chi connectivity index (χ1v) is 7.03. The molecule has 17 heavy (non-hydrogen) atoms. The van der Waals surface area contributed by atoms with Gasteiger partial charge in [0.2, 0.25) is 5.91 Å². The van der Waals surface area contributed by atoms with Gasteiger partial charge in [-0.2, -0.15) is 0 Å². The fourth-order valence-corrected chi connectivity index (χ4v) is 2.47. The number of carbonyl (C=O) groups excluding carboxylic acids is 1. The molecule has 1 heterocycles. The van der Waals surface area contributed by atoms with Crippen LogP contribution in [-0.4, -0.2) is 36.5 Å². The molecular weight excluding hydrogens is 212 g/mol. The van der Waals surface area contributed by atoms with Crippen molar-refractivity contribution in [3.63, 3.8) is 0 Å². The van der Waals surface area contributed by atoms with E-state index in [9.17, 15) is 4.79 Å².